The number of rotatable bonds is 10. The molecule has 0 unspecified atom stereocenters. The van der Waals surface area contributed by atoms with E-state index in [1.807, 2.05) is 0 Å². The van der Waals surface area contributed by atoms with Crippen molar-refractivity contribution in [2.24, 2.45) is 5.92 Å². The maximum atomic E-state index is 15.3. The highest BCUT2D eigenvalue weighted by Crippen LogP contribution is 2.31. The third-order valence-corrected chi connectivity index (χ3v) is 5.22. The number of aromatic nitrogens is 3. The highest BCUT2D eigenvalue weighted by Gasteiger charge is 2.27. The van der Waals surface area contributed by atoms with Gasteiger partial charge in [0.2, 0.25) is 11.8 Å². The van der Waals surface area contributed by atoms with Crippen LogP contribution in [0.1, 0.15) is 19.4 Å². The second kappa shape index (κ2) is 12.2. The van der Waals surface area contributed by atoms with E-state index in [1.54, 1.807) is 13.8 Å². The number of carbonyl (C=O) groups excluding carboxylic acids is 1. The van der Waals surface area contributed by atoms with Crippen LogP contribution in [0.2, 0.25) is 5.02 Å². The van der Waals surface area contributed by atoms with Crippen LogP contribution in [-0.2, 0) is 16.1 Å². The smallest absolute Gasteiger partial charge is 0.411 e. The van der Waals surface area contributed by atoms with Gasteiger partial charge in [0.1, 0.15) is 24.9 Å². The summed E-state index contributed by atoms with van der Waals surface area (Å²) in [7, 11) is 0. The molecule has 2 N–H and O–H groups in total. The molecule has 0 atom stereocenters. The van der Waals surface area contributed by atoms with Gasteiger partial charge in [-0.1, -0.05) is 31.5 Å². The number of aromatic amines is 1. The molecule has 0 aliphatic carbocycles. The number of hydrogen-bond acceptors (Lipinski definition) is 6. The quantitative estimate of drug-likeness (QED) is 0.288. The van der Waals surface area contributed by atoms with E-state index in [0.29, 0.717) is 5.56 Å². The molecule has 13 heteroatoms. The maximum absolute atomic E-state index is 15.3. The zero-order valence-electron chi connectivity index (χ0n) is 19.8. The van der Waals surface area contributed by atoms with E-state index in [1.165, 1.54) is 36.5 Å². The average Bonchev–Trinajstić information content (AvgIpc) is 2.82. The van der Waals surface area contributed by atoms with Crippen molar-refractivity contribution in [1.29, 1.82) is 0 Å². The Morgan fingerprint density at radius 2 is 1.95 bits per heavy atom. The van der Waals surface area contributed by atoms with E-state index in [0.717, 1.165) is 0 Å². The molecular formula is C24H23ClF4N4O4. The number of ether oxygens (including phenoxy) is 2. The number of carbonyl (C=O) groups is 1. The summed E-state index contributed by atoms with van der Waals surface area (Å²) in [6, 6.07) is 7.02. The van der Waals surface area contributed by atoms with E-state index < -0.39 is 24.2 Å². The Labute approximate surface area is 214 Å². The Morgan fingerprint density at radius 1 is 1.19 bits per heavy atom. The molecule has 2 heterocycles. The summed E-state index contributed by atoms with van der Waals surface area (Å²) in [4.78, 5) is 35.0. The zero-order chi connectivity index (χ0) is 27.2. The molecule has 37 heavy (non-hydrogen) atoms. The molecule has 0 aliphatic heterocycles. The number of benzene rings is 1. The third kappa shape index (κ3) is 7.99. The monoisotopic (exact) mass is 542 g/mol. The molecule has 8 nitrogen and oxygen atoms in total. The number of nitrogens with zero attached hydrogens (tertiary/aromatic N) is 2. The lowest BCUT2D eigenvalue weighted by molar-refractivity contribution is -0.175. The molecule has 0 aliphatic rings. The van der Waals surface area contributed by atoms with Crippen LogP contribution in [0, 0.1) is 11.7 Å². The number of pyridine rings is 1. The van der Waals surface area contributed by atoms with E-state index >= 15 is 4.39 Å². The van der Waals surface area contributed by atoms with Crippen LogP contribution in [0.15, 0.2) is 41.3 Å². The lowest BCUT2D eigenvalue weighted by Crippen LogP contribution is -2.27. The van der Waals surface area contributed by atoms with Crippen LogP contribution in [-0.4, -0.2) is 46.9 Å². The van der Waals surface area contributed by atoms with Gasteiger partial charge in [-0.3, -0.25) is 9.59 Å². The van der Waals surface area contributed by atoms with Crippen molar-refractivity contribution >= 4 is 17.5 Å². The van der Waals surface area contributed by atoms with Gasteiger partial charge in [-0.25, -0.2) is 14.4 Å². The van der Waals surface area contributed by atoms with Crippen LogP contribution >= 0.6 is 11.6 Å². The lowest BCUT2D eigenvalue weighted by Gasteiger charge is -2.13. The second-order valence-electron chi connectivity index (χ2n) is 8.15. The normalized spacial score (nSPS) is 11.6. The highest BCUT2D eigenvalue weighted by atomic mass is 35.5. The predicted molar refractivity (Wildman–Crippen MR) is 128 cm³/mol. The molecule has 198 valence electrons. The largest absolute Gasteiger partial charge is 0.475 e. The van der Waals surface area contributed by atoms with Crippen molar-refractivity contribution in [3.8, 4) is 28.5 Å². The molecule has 2 aromatic heterocycles. The topological polar surface area (TPSA) is 106 Å². The van der Waals surface area contributed by atoms with Crippen molar-refractivity contribution in [1.82, 2.24) is 20.3 Å². The van der Waals surface area contributed by atoms with Gasteiger partial charge in [0.25, 0.3) is 5.56 Å². The zero-order valence-corrected chi connectivity index (χ0v) is 20.5. The van der Waals surface area contributed by atoms with Gasteiger partial charge in [0, 0.05) is 41.9 Å². The van der Waals surface area contributed by atoms with Gasteiger partial charge in [-0.05, 0) is 12.1 Å². The summed E-state index contributed by atoms with van der Waals surface area (Å²) < 4.78 is 61.3. The van der Waals surface area contributed by atoms with Crippen LogP contribution in [0.5, 0.6) is 5.88 Å². The summed E-state index contributed by atoms with van der Waals surface area (Å²) in [5, 5.41) is 2.63. The number of nitrogens with one attached hydrogen (secondary N) is 2. The standard InChI is InChI=1S/C24H23ClF4N4O4/c1-13(2)23(35)31-11-15-3-5-16(25)20(21(15)26)22-32-17(9-18(34)33-22)14-4-6-19(30-10-14)37-8-7-36-12-24(27,28)29/h3-6,9-10,13H,7-8,11-12H2,1-2H3,(H,31,35)(H,32,33,34). The number of alkyl halides is 3. The molecule has 1 aromatic carbocycles. The minimum absolute atomic E-state index is 0.00588. The fourth-order valence-electron chi connectivity index (χ4n) is 3.07. The minimum atomic E-state index is -4.42. The first-order valence-corrected chi connectivity index (χ1v) is 11.4. The number of hydrogen-bond donors (Lipinski definition) is 2. The molecule has 0 bridgehead atoms. The molecular weight excluding hydrogens is 520 g/mol. The first-order chi connectivity index (χ1) is 17.4. The van der Waals surface area contributed by atoms with Crippen molar-refractivity contribution in [3.63, 3.8) is 0 Å². The minimum Gasteiger partial charge on any atom is -0.475 e. The highest BCUT2D eigenvalue weighted by molar-refractivity contribution is 6.33. The van der Waals surface area contributed by atoms with E-state index in [2.05, 4.69) is 25.0 Å². The predicted octanol–water partition coefficient (Wildman–Crippen LogP) is 4.52. The van der Waals surface area contributed by atoms with Gasteiger partial charge in [0.15, 0.2) is 0 Å². The van der Waals surface area contributed by atoms with E-state index in [4.69, 9.17) is 16.3 Å². The molecule has 1 amide bonds. The van der Waals surface area contributed by atoms with Gasteiger partial charge in [-0.15, -0.1) is 0 Å². The Balaban J connectivity index is 1.78. The van der Waals surface area contributed by atoms with E-state index in [9.17, 15) is 22.8 Å². The maximum Gasteiger partial charge on any atom is 0.411 e. The Bertz CT molecular complexity index is 1300. The van der Waals surface area contributed by atoms with Crippen LogP contribution < -0.4 is 15.6 Å². The number of H-pyrrole nitrogens is 1. The summed E-state index contributed by atoms with van der Waals surface area (Å²) in [6.07, 6.45) is -3.08. The Morgan fingerprint density at radius 3 is 2.59 bits per heavy atom. The van der Waals surface area contributed by atoms with Gasteiger partial charge < -0.3 is 19.8 Å². The van der Waals surface area contributed by atoms with Gasteiger partial charge in [0.05, 0.1) is 22.9 Å². The Kier molecular flexibility index (Phi) is 9.22. The lowest BCUT2D eigenvalue weighted by atomic mass is 10.1. The molecule has 0 saturated heterocycles. The number of amides is 1. The summed E-state index contributed by atoms with van der Waals surface area (Å²) in [5.74, 6) is -1.28. The first-order valence-electron chi connectivity index (χ1n) is 11.0. The van der Waals surface area contributed by atoms with Gasteiger partial charge in [-0.2, -0.15) is 13.2 Å². The first kappa shape index (κ1) is 28.1. The molecule has 0 saturated carbocycles. The third-order valence-electron chi connectivity index (χ3n) is 4.90. The fourth-order valence-corrected chi connectivity index (χ4v) is 3.31. The molecule has 3 rings (SSSR count). The van der Waals surface area contributed by atoms with Crippen molar-refractivity contribution in [2.45, 2.75) is 26.6 Å². The fraction of sp³-hybridized carbons (Fsp3) is 0.333. The summed E-state index contributed by atoms with van der Waals surface area (Å²) >= 11 is 6.23. The molecule has 0 fully saturated rings. The van der Waals surface area contributed by atoms with Crippen molar-refractivity contribution < 1.29 is 31.8 Å². The summed E-state index contributed by atoms with van der Waals surface area (Å²) in [5.41, 5.74) is 0.00818. The van der Waals surface area contributed by atoms with Crippen LogP contribution in [0.25, 0.3) is 22.6 Å². The van der Waals surface area contributed by atoms with Crippen LogP contribution in [0.3, 0.4) is 0 Å². The van der Waals surface area contributed by atoms with Crippen molar-refractivity contribution in [3.05, 3.63) is 63.3 Å². The summed E-state index contributed by atoms with van der Waals surface area (Å²) in [6.45, 7) is 1.53. The van der Waals surface area contributed by atoms with Crippen molar-refractivity contribution in [2.75, 3.05) is 19.8 Å². The molecule has 0 spiro atoms. The Hall–Kier alpha value is -3.51. The number of halogens is 5. The average molecular weight is 543 g/mol. The van der Waals surface area contributed by atoms with Gasteiger partial charge >= 0.3 is 6.18 Å². The van der Waals surface area contributed by atoms with Crippen LogP contribution in [0.4, 0.5) is 17.6 Å². The van der Waals surface area contributed by atoms with E-state index in [-0.39, 0.29) is 65.1 Å². The molecule has 0 radical (unpaired) electrons. The SMILES string of the molecule is CC(C)C(=O)NCc1ccc(Cl)c(-c2nc(-c3ccc(OCCOCC(F)(F)F)nc3)cc(=O)[nH]2)c1F. The second-order valence-corrected chi connectivity index (χ2v) is 8.56. The molecule has 3 aromatic rings.